The van der Waals surface area contributed by atoms with E-state index in [-0.39, 0.29) is 5.41 Å². The summed E-state index contributed by atoms with van der Waals surface area (Å²) < 4.78 is 1.86. The lowest BCUT2D eigenvalue weighted by Crippen LogP contribution is -2.52. The highest BCUT2D eigenvalue weighted by molar-refractivity contribution is 6.06. The third kappa shape index (κ3) is 2.53. The quantitative estimate of drug-likeness (QED) is 0.584. The normalized spacial score (nSPS) is 44.3. The third-order valence-corrected chi connectivity index (χ3v) is 9.60. The maximum Gasteiger partial charge on any atom is 0.165 e. The molecule has 0 saturated heterocycles. The summed E-state index contributed by atoms with van der Waals surface area (Å²) in [7, 11) is 1.96. The molecule has 4 saturated carbocycles. The number of carbonyl (C=O) groups is 1. The van der Waals surface area contributed by atoms with Gasteiger partial charge in [-0.1, -0.05) is 26.7 Å². The molecule has 0 radical (unpaired) electrons. The second kappa shape index (κ2) is 6.31. The molecule has 3 nitrogen and oxygen atoms in total. The van der Waals surface area contributed by atoms with Gasteiger partial charge in [0.2, 0.25) is 0 Å². The highest BCUT2D eigenvalue weighted by atomic mass is 16.1. The lowest BCUT2D eigenvalue weighted by Gasteiger charge is -2.59. The number of hydrogen-bond donors (Lipinski definition) is 0. The molecule has 4 fully saturated rings. The summed E-state index contributed by atoms with van der Waals surface area (Å²) in [6.45, 7) is 6.95. The molecule has 0 amide bonds. The van der Waals surface area contributed by atoms with Gasteiger partial charge in [0.15, 0.2) is 5.78 Å². The molecule has 4 aliphatic carbocycles. The molecule has 6 atom stereocenters. The molecule has 0 unspecified atom stereocenters. The van der Waals surface area contributed by atoms with Crippen LogP contribution < -0.4 is 0 Å². The van der Waals surface area contributed by atoms with Crippen LogP contribution >= 0.6 is 0 Å². The Morgan fingerprint density at radius 1 is 1.11 bits per heavy atom. The lowest BCUT2D eigenvalue weighted by molar-refractivity contribution is -0.137. The van der Waals surface area contributed by atoms with Gasteiger partial charge in [-0.05, 0) is 92.6 Å². The molecule has 0 spiro atoms. The smallest absolute Gasteiger partial charge is 0.165 e. The number of allylic oxidation sites excluding steroid dienone is 1. The molecule has 1 aromatic heterocycles. The van der Waals surface area contributed by atoms with E-state index in [0.717, 1.165) is 47.4 Å². The highest BCUT2D eigenvalue weighted by Gasteiger charge is 2.60. The summed E-state index contributed by atoms with van der Waals surface area (Å²) in [5.41, 5.74) is 3.63. The largest absolute Gasteiger partial charge is 0.294 e. The lowest BCUT2D eigenvalue weighted by atomic mass is 9.45. The number of hydrogen-bond acceptors (Lipinski definition) is 2. The van der Waals surface area contributed by atoms with Crippen LogP contribution in [-0.4, -0.2) is 15.6 Å². The Labute approximate surface area is 170 Å². The predicted molar refractivity (Wildman–Crippen MR) is 113 cm³/mol. The van der Waals surface area contributed by atoms with E-state index in [4.69, 9.17) is 0 Å². The van der Waals surface area contributed by atoms with E-state index >= 15 is 0 Å². The zero-order valence-corrected chi connectivity index (χ0v) is 18.1. The minimum atomic E-state index is -0.124. The van der Waals surface area contributed by atoms with E-state index in [1.165, 1.54) is 44.9 Å². The van der Waals surface area contributed by atoms with Crippen LogP contribution in [-0.2, 0) is 11.8 Å². The van der Waals surface area contributed by atoms with Gasteiger partial charge in [-0.3, -0.25) is 9.48 Å². The number of carbonyl (C=O) groups excluding carboxylic acids is 1. The van der Waals surface area contributed by atoms with Crippen LogP contribution in [0.15, 0.2) is 11.8 Å². The molecule has 0 aliphatic heterocycles. The molecule has 152 valence electrons. The van der Waals surface area contributed by atoms with Crippen LogP contribution in [0.3, 0.4) is 0 Å². The fourth-order valence-electron chi connectivity index (χ4n) is 8.04. The van der Waals surface area contributed by atoms with Crippen LogP contribution in [0.2, 0.25) is 0 Å². The fourth-order valence-corrected chi connectivity index (χ4v) is 8.04. The average Bonchev–Trinajstić information content (AvgIpc) is 3.11. The van der Waals surface area contributed by atoms with Crippen molar-refractivity contribution in [1.29, 1.82) is 0 Å². The monoisotopic (exact) mass is 380 g/mol. The highest BCUT2D eigenvalue weighted by Crippen LogP contribution is 2.66. The van der Waals surface area contributed by atoms with Crippen LogP contribution in [0, 0.1) is 41.4 Å². The molecular weight excluding hydrogens is 344 g/mol. The Morgan fingerprint density at radius 2 is 1.93 bits per heavy atom. The van der Waals surface area contributed by atoms with Gasteiger partial charge in [0, 0.05) is 24.2 Å². The van der Waals surface area contributed by atoms with E-state index in [2.05, 4.69) is 31.2 Å². The maximum absolute atomic E-state index is 13.5. The number of aryl methyl sites for hydroxylation is 2. The number of fused-ring (bicyclic) bond motifs is 5. The van der Waals surface area contributed by atoms with Crippen molar-refractivity contribution in [3.63, 3.8) is 0 Å². The first-order valence-electron chi connectivity index (χ1n) is 11.6. The second-order valence-electron chi connectivity index (χ2n) is 10.9. The number of ketones is 1. The van der Waals surface area contributed by atoms with E-state index in [9.17, 15) is 4.79 Å². The molecule has 28 heavy (non-hydrogen) atoms. The maximum atomic E-state index is 13.5. The first-order chi connectivity index (χ1) is 13.3. The Morgan fingerprint density at radius 3 is 2.68 bits per heavy atom. The van der Waals surface area contributed by atoms with Gasteiger partial charge in [0.05, 0.1) is 5.69 Å². The Kier molecular flexibility index (Phi) is 4.20. The number of rotatable bonds is 1. The van der Waals surface area contributed by atoms with Crippen molar-refractivity contribution >= 4 is 11.9 Å². The third-order valence-electron chi connectivity index (χ3n) is 9.60. The van der Waals surface area contributed by atoms with Gasteiger partial charge < -0.3 is 0 Å². The summed E-state index contributed by atoms with van der Waals surface area (Å²) in [5.74, 6) is 3.54. The van der Waals surface area contributed by atoms with Crippen molar-refractivity contribution in [3.8, 4) is 0 Å². The van der Waals surface area contributed by atoms with Crippen LogP contribution in [0.4, 0.5) is 0 Å². The molecule has 1 heterocycles. The minimum absolute atomic E-state index is 0.124. The Balaban J connectivity index is 1.47. The standard InChI is InChI=1S/C25H36N2O/c1-16-18(15-27(4)26-16)13-17-14-22-20-9-8-19-7-5-6-11-24(19,2)21(20)10-12-25(22,3)23(17)28/h13,15,19-22H,5-12,14H2,1-4H3/b17-13-/t19-,20-,21+,22+,24-,25-/m0/s1. The van der Waals surface area contributed by atoms with Crippen molar-refractivity contribution in [2.24, 2.45) is 41.5 Å². The van der Waals surface area contributed by atoms with Gasteiger partial charge in [0.1, 0.15) is 0 Å². The fraction of sp³-hybridized carbons (Fsp3) is 0.760. The average molecular weight is 381 g/mol. The van der Waals surface area contributed by atoms with Crippen molar-refractivity contribution < 1.29 is 4.79 Å². The van der Waals surface area contributed by atoms with Crippen molar-refractivity contribution in [2.45, 2.75) is 78.6 Å². The number of nitrogens with zero attached hydrogens (tertiary/aromatic N) is 2. The molecule has 0 bridgehead atoms. The van der Waals surface area contributed by atoms with Gasteiger partial charge in [-0.2, -0.15) is 5.10 Å². The molecule has 1 aromatic rings. The zero-order valence-electron chi connectivity index (χ0n) is 18.1. The molecule has 5 rings (SSSR count). The summed E-state index contributed by atoms with van der Waals surface area (Å²) in [4.78, 5) is 13.5. The summed E-state index contributed by atoms with van der Waals surface area (Å²) >= 11 is 0. The SMILES string of the molecule is Cc1nn(C)cc1/C=C1/C[C@@H]2[C@H]3CC[C@@H]4CCCC[C@]4(C)[C@@H]3CC[C@]2(C)C1=O. The summed E-state index contributed by atoms with van der Waals surface area (Å²) in [5, 5.41) is 4.47. The zero-order chi connectivity index (χ0) is 19.7. The molecule has 0 N–H and O–H groups in total. The summed E-state index contributed by atoms with van der Waals surface area (Å²) in [6.07, 6.45) is 16.1. The van der Waals surface area contributed by atoms with Gasteiger partial charge in [-0.25, -0.2) is 0 Å². The number of Topliss-reactive ketones (excluding diaryl/α,β-unsaturated/α-hetero) is 1. The van der Waals surface area contributed by atoms with E-state index < -0.39 is 0 Å². The van der Waals surface area contributed by atoms with Gasteiger partial charge in [-0.15, -0.1) is 0 Å². The number of aromatic nitrogens is 2. The van der Waals surface area contributed by atoms with Crippen LogP contribution in [0.1, 0.15) is 82.9 Å². The van der Waals surface area contributed by atoms with E-state index in [0.29, 0.717) is 17.1 Å². The molecule has 4 aliphatic rings. The first-order valence-corrected chi connectivity index (χ1v) is 11.6. The second-order valence-corrected chi connectivity index (χ2v) is 10.9. The van der Waals surface area contributed by atoms with Crippen molar-refractivity contribution in [2.75, 3.05) is 0 Å². The van der Waals surface area contributed by atoms with Crippen LogP contribution in [0.25, 0.3) is 6.08 Å². The van der Waals surface area contributed by atoms with E-state index in [1.807, 2.05) is 18.7 Å². The molecule has 0 aromatic carbocycles. The van der Waals surface area contributed by atoms with E-state index in [1.54, 1.807) is 0 Å². The first kappa shape index (κ1) is 18.6. The molecular formula is C25H36N2O. The topological polar surface area (TPSA) is 34.9 Å². The predicted octanol–water partition coefficient (Wildman–Crippen LogP) is 5.72. The van der Waals surface area contributed by atoms with Crippen molar-refractivity contribution in [3.05, 3.63) is 23.0 Å². The van der Waals surface area contributed by atoms with Crippen LogP contribution in [0.5, 0.6) is 0 Å². The Hall–Kier alpha value is -1.38. The minimum Gasteiger partial charge on any atom is -0.294 e. The summed E-state index contributed by atoms with van der Waals surface area (Å²) in [6, 6.07) is 0. The van der Waals surface area contributed by atoms with Gasteiger partial charge >= 0.3 is 0 Å². The molecule has 3 heteroatoms. The Bertz CT molecular complexity index is 836. The van der Waals surface area contributed by atoms with Crippen molar-refractivity contribution in [1.82, 2.24) is 9.78 Å². The van der Waals surface area contributed by atoms with Gasteiger partial charge in [0.25, 0.3) is 0 Å².